The number of anilines is 1. The van der Waals surface area contributed by atoms with Crippen molar-refractivity contribution >= 4 is 33.4 Å². The van der Waals surface area contributed by atoms with E-state index < -0.39 is 10.1 Å². The van der Waals surface area contributed by atoms with Crippen LogP contribution in [0, 0.1) is 0 Å². The Balaban J connectivity index is 2.11. The van der Waals surface area contributed by atoms with E-state index in [0.29, 0.717) is 17.3 Å². The number of hydrogen-bond donors (Lipinski definition) is 1. The van der Waals surface area contributed by atoms with Crippen molar-refractivity contribution in [1.82, 2.24) is 4.90 Å². The number of urea groups is 1. The normalized spacial score (nSPS) is 12.3. The van der Waals surface area contributed by atoms with Gasteiger partial charge in [0.25, 0.3) is 0 Å². The van der Waals surface area contributed by atoms with Crippen molar-refractivity contribution in [3.8, 4) is 5.75 Å². The molecule has 0 bridgehead atoms. The molecule has 0 aliphatic heterocycles. The second-order valence-corrected chi connectivity index (χ2v) is 8.26. The fourth-order valence-electron chi connectivity index (χ4n) is 2.40. The lowest BCUT2D eigenvalue weighted by molar-refractivity contribution is 0.187. The molecule has 1 N–H and O–H groups in total. The molecule has 0 aliphatic carbocycles. The molecule has 0 saturated carbocycles. The fraction of sp³-hybridized carbons (Fsp3) is 0.316. The summed E-state index contributed by atoms with van der Waals surface area (Å²) < 4.78 is 27.2. The number of rotatable bonds is 7. The van der Waals surface area contributed by atoms with Crippen LogP contribution in [0.15, 0.2) is 48.5 Å². The highest BCUT2D eigenvalue weighted by molar-refractivity contribution is 7.86. The van der Waals surface area contributed by atoms with Gasteiger partial charge in [0.15, 0.2) is 0 Å². The highest BCUT2D eigenvalue weighted by Crippen LogP contribution is 2.19. The van der Waals surface area contributed by atoms with E-state index in [1.54, 1.807) is 53.4 Å². The number of carbonyl (C=O) groups is 1. The van der Waals surface area contributed by atoms with Gasteiger partial charge < -0.3 is 14.4 Å². The summed E-state index contributed by atoms with van der Waals surface area (Å²) in [5.41, 5.74) is 1.53. The van der Waals surface area contributed by atoms with Crippen LogP contribution in [0.2, 0.25) is 5.02 Å². The number of halogens is 1. The summed E-state index contributed by atoms with van der Waals surface area (Å²) >= 11 is 5.87. The van der Waals surface area contributed by atoms with Crippen LogP contribution in [0.4, 0.5) is 10.5 Å². The maximum Gasteiger partial charge on any atom is 0.322 e. The Morgan fingerprint density at radius 1 is 1.15 bits per heavy atom. The van der Waals surface area contributed by atoms with E-state index in [-0.39, 0.29) is 17.8 Å². The molecular formula is C19H23ClN2O4S. The number of carbonyl (C=O) groups excluding carboxylic acids is 1. The van der Waals surface area contributed by atoms with Crippen LogP contribution < -0.4 is 9.50 Å². The lowest BCUT2D eigenvalue weighted by Gasteiger charge is -2.29. The van der Waals surface area contributed by atoms with Gasteiger partial charge in [-0.2, -0.15) is 8.42 Å². The molecule has 1 atom stereocenters. The Hall–Kier alpha value is -2.25. The minimum Gasteiger partial charge on any atom is -0.383 e. The van der Waals surface area contributed by atoms with E-state index in [1.807, 2.05) is 13.8 Å². The molecule has 0 fully saturated rings. The highest BCUT2D eigenvalue weighted by Gasteiger charge is 2.19. The van der Waals surface area contributed by atoms with Crippen LogP contribution in [0.1, 0.15) is 25.8 Å². The van der Waals surface area contributed by atoms with E-state index in [1.165, 1.54) is 0 Å². The second-order valence-electron chi connectivity index (χ2n) is 6.25. The Bertz CT molecular complexity index is 868. The van der Waals surface area contributed by atoms with Crippen molar-refractivity contribution in [3.63, 3.8) is 0 Å². The summed E-state index contributed by atoms with van der Waals surface area (Å²) in [6.07, 6.45) is 1.79. The Labute approximate surface area is 165 Å². The third-order valence-corrected chi connectivity index (χ3v) is 4.75. The number of benzene rings is 2. The quantitative estimate of drug-likeness (QED) is 0.681. The van der Waals surface area contributed by atoms with Gasteiger partial charge in [-0.15, -0.1) is 0 Å². The van der Waals surface area contributed by atoms with E-state index in [2.05, 4.69) is 5.32 Å². The second kappa shape index (κ2) is 9.10. The first-order valence-corrected chi connectivity index (χ1v) is 10.7. The van der Waals surface area contributed by atoms with Gasteiger partial charge in [-0.05, 0) is 55.3 Å². The number of hydrogen-bond acceptors (Lipinski definition) is 4. The summed E-state index contributed by atoms with van der Waals surface area (Å²) in [6, 6.07) is 13.3. The first-order chi connectivity index (χ1) is 12.7. The average Bonchev–Trinajstić information content (AvgIpc) is 2.61. The minimum atomic E-state index is -3.57. The van der Waals surface area contributed by atoms with Crippen molar-refractivity contribution in [3.05, 3.63) is 59.1 Å². The van der Waals surface area contributed by atoms with Crippen LogP contribution in [0.3, 0.4) is 0 Å². The molecule has 0 saturated heterocycles. The van der Waals surface area contributed by atoms with Crippen molar-refractivity contribution in [1.29, 1.82) is 0 Å². The molecule has 27 heavy (non-hydrogen) atoms. The van der Waals surface area contributed by atoms with Gasteiger partial charge in [0.05, 0.1) is 6.26 Å². The third kappa shape index (κ3) is 6.77. The molecule has 2 amide bonds. The van der Waals surface area contributed by atoms with Gasteiger partial charge in [0.2, 0.25) is 0 Å². The molecule has 0 aliphatic rings. The van der Waals surface area contributed by atoms with E-state index in [9.17, 15) is 13.2 Å². The zero-order valence-corrected chi connectivity index (χ0v) is 17.0. The molecule has 2 aromatic rings. The predicted octanol–water partition coefficient (Wildman–Crippen LogP) is 4.51. The summed E-state index contributed by atoms with van der Waals surface area (Å²) in [5.74, 6) is 0.238. The summed E-state index contributed by atoms with van der Waals surface area (Å²) in [5, 5.41) is 3.47. The average molecular weight is 411 g/mol. The van der Waals surface area contributed by atoms with Crippen LogP contribution in [-0.4, -0.2) is 31.6 Å². The largest absolute Gasteiger partial charge is 0.383 e. The van der Waals surface area contributed by atoms with Crippen molar-refractivity contribution < 1.29 is 17.4 Å². The maximum absolute atomic E-state index is 12.7. The molecule has 8 heteroatoms. The van der Waals surface area contributed by atoms with Gasteiger partial charge in [-0.1, -0.05) is 30.7 Å². The monoisotopic (exact) mass is 410 g/mol. The summed E-state index contributed by atoms with van der Waals surface area (Å²) in [7, 11) is -3.57. The smallest absolute Gasteiger partial charge is 0.322 e. The first-order valence-electron chi connectivity index (χ1n) is 8.49. The van der Waals surface area contributed by atoms with Gasteiger partial charge >= 0.3 is 16.1 Å². The van der Waals surface area contributed by atoms with Gasteiger partial charge in [-0.25, -0.2) is 4.79 Å². The van der Waals surface area contributed by atoms with E-state index in [4.69, 9.17) is 15.8 Å². The maximum atomic E-state index is 12.7. The summed E-state index contributed by atoms with van der Waals surface area (Å²) in [4.78, 5) is 14.5. The fourth-order valence-corrected chi connectivity index (χ4v) is 2.99. The Morgan fingerprint density at radius 2 is 1.74 bits per heavy atom. The van der Waals surface area contributed by atoms with Crippen LogP contribution in [0.25, 0.3) is 0 Å². The first kappa shape index (κ1) is 21.1. The Morgan fingerprint density at radius 3 is 2.26 bits per heavy atom. The Kier molecular flexibility index (Phi) is 7.10. The van der Waals surface area contributed by atoms with Crippen LogP contribution in [0.5, 0.6) is 5.75 Å². The molecule has 0 radical (unpaired) electrons. The zero-order valence-electron chi connectivity index (χ0n) is 15.5. The number of amides is 2. The van der Waals surface area contributed by atoms with Crippen LogP contribution >= 0.6 is 11.6 Å². The zero-order chi connectivity index (χ0) is 20.0. The summed E-state index contributed by atoms with van der Waals surface area (Å²) in [6.45, 7) is 4.37. The number of nitrogens with zero attached hydrogens (tertiary/aromatic N) is 1. The van der Waals surface area contributed by atoms with Gasteiger partial charge in [0.1, 0.15) is 5.75 Å². The molecule has 6 nitrogen and oxygen atoms in total. The van der Waals surface area contributed by atoms with Crippen molar-refractivity contribution in [2.24, 2.45) is 0 Å². The standard InChI is InChI=1S/C19H23ClN2O4S/c1-4-14(2)22(19(23)21-17-9-7-16(20)8-10-17)13-15-5-11-18(12-6-15)26-27(3,24)25/h5-12,14H,4,13H2,1-3H3,(H,21,23)/t14-/m1/s1. The highest BCUT2D eigenvalue weighted by atomic mass is 35.5. The SMILES string of the molecule is CC[C@@H](C)N(Cc1ccc(OS(C)(=O)=O)cc1)C(=O)Nc1ccc(Cl)cc1. The van der Waals surface area contributed by atoms with E-state index >= 15 is 0 Å². The van der Waals surface area contributed by atoms with Gasteiger partial charge in [-0.3, -0.25) is 0 Å². The van der Waals surface area contributed by atoms with E-state index in [0.717, 1.165) is 18.2 Å². The van der Waals surface area contributed by atoms with Crippen molar-refractivity contribution in [2.75, 3.05) is 11.6 Å². The predicted molar refractivity (Wildman–Crippen MR) is 108 cm³/mol. The number of nitrogens with one attached hydrogen (secondary N) is 1. The molecule has 146 valence electrons. The van der Waals surface area contributed by atoms with Gasteiger partial charge in [0, 0.05) is 23.3 Å². The third-order valence-electron chi connectivity index (χ3n) is 4.00. The molecule has 2 aromatic carbocycles. The molecule has 0 aromatic heterocycles. The molecule has 2 rings (SSSR count). The lowest BCUT2D eigenvalue weighted by Crippen LogP contribution is -2.40. The van der Waals surface area contributed by atoms with Crippen LogP contribution in [-0.2, 0) is 16.7 Å². The topological polar surface area (TPSA) is 75.7 Å². The lowest BCUT2D eigenvalue weighted by atomic mass is 10.1. The molecule has 0 unspecified atom stereocenters. The minimum absolute atomic E-state index is 0.0178. The van der Waals surface area contributed by atoms with Crippen molar-refractivity contribution in [2.45, 2.75) is 32.9 Å². The molecule has 0 heterocycles. The molecular weight excluding hydrogens is 388 g/mol. The molecule has 0 spiro atoms.